The Labute approximate surface area is 165 Å². The molecule has 7 heteroatoms. The Kier molecular flexibility index (Phi) is 4.10. The molecule has 2 aromatic rings. The van der Waals surface area contributed by atoms with Crippen molar-refractivity contribution >= 4 is 23.3 Å². The zero-order chi connectivity index (χ0) is 20.3. The smallest absolute Gasteiger partial charge is 0.239 e. The molecule has 0 aromatic heterocycles. The molecule has 5 nitrogen and oxygen atoms in total. The van der Waals surface area contributed by atoms with Gasteiger partial charge in [0, 0.05) is 11.6 Å². The Bertz CT molecular complexity index is 1020. The molecule has 148 valence electrons. The molecule has 5 rings (SSSR count). The third kappa shape index (κ3) is 2.57. The van der Waals surface area contributed by atoms with Gasteiger partial charge < -0.3 is 0 Å². The van der Waals surface area contributed by atoms with Crippen LogP contribution in [0.3, 0.4) is 0 Å². The molecule has 29 heavy (non-hydrogen) atoms. The van der Waals surface area contributed by atoms with E-state index in [1.165, 1.54) is 42.5 Å². The van der Waals surface area contributed by atoms with Gasteiger partial charge >= 0.3 is 0 Å². The van der Waals surface area contributed by atoms with Crippen molar-refractivity contribution in [3.05, 3.63) is 65.7 Å². The summed E-state index contributed by atoms with van der Waals surface area (Å²) in [6.45, 7) is 0.621. The van der Waals surface area contributed by atoms with Crippen LogP contribution in [0.25, 0.3) is 0 Å². The molecule has 3 heterocycles. The maximum Gasteiger partial charge on any atom is 0.239 e. The fourth-order valence-corrected chi connectivity index (χ4v) is 5.17. The molecule has 2 aromatic carbocycles. The largest absolute Gasteiger partial charge is 0.292 e. The maximum absolute atomic E-state index is 14.3. The number of hydrogen-bond acceptors (Lipinski definition) is 4. The van der Waals surface area contributed by atoms with Gasteiger partial charge in [-0.05, 0) is 55.8 Å². The molecule has 3 fully saturated rings. The molecule has 3 aliphatic heterocycles. The Morgan fingerprint density at radius 2 is 1.62 bits per heavy atom. The van der Waals surface area contributed by atoms with E-state index in [4.69, 9.17) is 0 Å². The summed E-state index contributed by atoms with van der Waals surface area (Å²) in [6.07, 6.45) is 1.53. The van der Waals surface area contributed by atoms with Gasteiger partial charge in [0.1, 0.15) is 11.6 Å². The first-order valence-electron chi connectivity index (χ1n) is 9.67. The summed E-state index contributed by atoms with van der Waals surface area (Å²) in [5.74, 6) is -3.93. The number of nitrogens with zero attached hydrogens (tertiary/aromatic N) is 2. The SMILES string of the molecule is O=C(c1ccc(F)cc1)[C@@H]1[C@@H]2C(=O)N(c3ccccc3F)C(=O)[C@H]2[C@H]2CCCN21. The maximum atomic E-state index is 14.3. The zero-order valence-corrected chi connectivity index (χ0v) is 15.4. The van der Waals surface area contributed by atoms with E-state index >= 15 is 0 Å². The molecule has 3 aliphatic rings. The number of ketones is 1. The Balaban J connectivity index is 1.56. The van der Waals surface area contributed by atoms with E-state index in [-0.39, 0.29) is 17.5 Å². The number of imide groups is 1. The lowest BCUT2D eigenvalue weighted by Crippen LogP contribution is -2.46. The van der Waals surface area contributed by atoms with Crippen LogP contribution in [-0.2, 0) is 9.59 Å². The van der Waals surface area contributed by atoms with Crippen LogP contribution in [0, 0.1) is 23.5 Å². The van der Waals surface area contributed by atoms with Crippen LogP contribution < -0.4 is 4.90 Å². The fourth-order valence-electron chi connectivity index (χ4n) is 5.17. The van der Waals surface area contributed by atoms with Gasteiger partial charge in [-0.25, -0.2) is 13.7 Å². The van der Waals surface area contributed by atoms with E-state index in [0.29, 0.717) is 18.5 Å². The van der Waals surface area contributed by atoms with E-state index in [0.717, 1.165) is 11.3 Å². The van der Waals surface area contributed by atoms with Crippen LogP contribution in [0.5, 0.6) is 0 Å². The predicted molar refractivity (Wildman–Crippen MR) is 100 cm³/mol. The van der Waals surface area contributed by atoms with Crippen molar-refractivity contribution in [1.29, 1.82) is 0 Å². The van der Waals surface area contributed by atoms with Crippen molar-refractivity contribution in [3.8, 4) is 0 Å². The predicted octanol–water partition coefficient (Wildman–Crippen LogP) is 2.80. The molecule has 4 atom stereocenters. The second-order valence-electron chi connectivity index (χ2n) is 7.78. The van der Waals surface area contributed by atoms with Crippen molar-refractivity contribution in [2.45, 2.75) is 24.9 Å². The molecule has 3 saturated heterocycles. The van der Waals surface area contributed by atoms with E-state index in [9.17, 15) is 23.2 Å². The number of rotatable bonds is 3. The first kappa shape index (κ1) is 18.1. The van der Waals surface area contributed by atoms with Gasteiger partial charge in [-0.1, -0.05) is 12.1 Å². The molecule has 0 unspecified atom stereocenters. The van der Waals surface area contributed by atoms with Gasteiger partial charge in [0.25, 0.3) is 0 Å². The normalized spacial score (nSPS) is 28.7. The van der Waals surface area contributed by atoms with E-state index < -0.39 is 41.3 Å². The second kappa shape index (κ2) is 6.56. The number of amides is 2. The van der Waals surface area contributed by atoms with Crippen LogP contribution >= 0.6 is 0 Å². The summed E-state index contributed by atoms with van der Waals surface area (Å²) in [7, 11) is 0. The van der Waals surface area contributed by atoms with Gasteiger partial charge in [0.05, 0.1) is 23.6 Å². The van der Waals surface area contributed by atoms with Crippen LogP contribution in [0.4, 0.5) is 14.5 Å². The van der Waals surface area contributed by atoms with Crippen LogP contribution in [0.1, 0.15) is 23.2 Å². The van der Waals surface area contributed by atoms with Gasteiger partial charge in [-0.3, -0.25) is 19.3 Å². The van der Waals surface area contributed by atoms with Crippen LogP contribution in [0.15, 0.2) is 48.5 Å². The summed E-state index contributed by atoms with van der Waals surface area (Å²) in [5, 5.41) is 0. The van der Waals surface area contributed by atoms with Crippen molar-refractivity contribution < 1.29 is 23.2 Å². The summed E-state index contributed by atoms with van der Waals surface area (Å²) in [5.41, 5.74) is 0.224. The molecule has 0 spiro atoms. The Morgan fingerprint density at radius 3 is 2.34 bits per heavy atom. The minimum atomic E-state index is -0.857. The molecular formula is C22H18F2N2O3. The fraction of sp³-hybridized carbons (Fsp3) is 0.318. The molecule has 0 N–H and O–H groups in total. The standard InChI is InChI=1S/C22H18F2N2O3/c23-13-9-7-12(8-10-13)20(27)19-18-17(16-6-3-11-25(16)19)21(28)26(22(18)29)15-5-2-1-4-14(15)24/h1-2,4-5,7-10,16-19H,3,6,11H2/t16-,17+,18-,19+/m1/s1. The zero-order valence-electron chi connectivity index (χ0n) is 15.4. The summed E-state index contributed by atoms with van der Waals surface area (Å²) in [4.78, 5) is 42.6. The van der Waals surface area contributed by atoms with Crippen LogP contribution in [0.2, 0.25) is 0 Å². The highest BCUT2D eigenvalue weighted by atomic mass is 19.1. The summed E-state index contributed by atoms with van der Waals surface area (Å²) >= 11 is 0. The highest BCUT2D eigenvalue weighted by Gasteiger charge is 2.64. The molecule has 0 saturated carbocycles. The number of Topliss-reactive ketones (excluding diaryl/α,β-unsaturated/α-hetero) is 1. The molecule has 0 aliphatic carbocycles. The van der Waals surface area contributed by atoms with E-state index in [1.54, 1.807) is 6.07 Å². The highest BCUT2D eigenvalue weighted by molar-refractivity contribution is 6.24. The average molecular weight is 396 g/mol. The number of benzene rings is 2. The highest BCUT2D eigenvalue weighted by Crippen LogP contribution is 2.48. The number of para-hydroxylation sites is 1. The van der Waals surface area contributed by atoms with E-state index in [2.05, 4.69) is 0 Å². The van der Waals surface area contributed by atoms with Crippen molar-refractivity contribution in [1.82, 2.24) is 4.90 Å². The topological polar surface area (TPSA) is 57.7 Å². The van der Waals surface area contributed by atoms with Crippen molar-refractivity contribution in [3.63, 3.8) is 0 Å². The number of carbonyl (C=O) groups is 3. The van der Waals surface area contributed by atoms with Crippen molar-refractivity contribution in [2.24, 2.45) is 11.8 Å². The first-order valence-corrected chi connectivity index (χ1v) is 9.67. The average Bonchev–Trinajstić information content (AvgIpc) is 3.35. The molecular weight excluding hydrogens is 378 g/mol. The van der Waals surface area contributed by atoms with Crippen LogP contribution in [-0.4, -0.2) is 41.1 Å². The van der Waals surface area contributed by atoms with Gasteiger partial charge in [0.15, 0.2) is 5.78 Å². The number of fused-ring (bicyclic) bond motifs is 3. The van der Waals surface area contributed by atoms with E-state index in [1.807, 2.05) is 4.90 Å². The summed E-state index contributed by atoms with van der Waals surface area (Å²) < 4.78 is 27.6. The third-order valence-corrected chi connectivity index (χ3v) is 6.34. The van der Waals surface area contributed by atoms with Gasteiger partial charge in [0.2, 0.25) is 11.8 Å². The number of anilines is 1. The minimum absolute atomic E-state index is 0.0746. The number of carbonyl (C=O) groups excluding carboxylic acids is 3. The molecule has 0 bridgehead atoms. The second-order valence-corrected chi connectivity index (χ2v) is 7.78. The van der Waals surface area contributed by atoms with Crippen molar-refractivity contribution in [2.75, 3.05) is 11.4 Å². The summed E-state index contributed by atoms with van der Waals surface area (Å²) in [6, 6.07) is 9.83. The quantitative estimate of drug-likeness (QED) is 0.591. The van der Waals surface area contributed by atoms with Gasteiger partial charge in [-0.15, -0.1) is 0 Å². The first-order chi connectivity index (χ1) is 14.0. The third-order valence-electron chi connectivity index (χ3n) is 6.34. The molecule has 0 radical (unpaired) electrons. The van der Waals surface area contributed by atoms with Gasteiger partial charge in [-0.2, -0.15) is 0 Å². The Hall–Kier alpha value is -2.93. The lowest BCUT2D eigenvalue weighted by Gasteiger charge is -2.27. The molecule has 2 amide bonds. The minimum Gasteiger partial charge on any atom is -0.292 e. The number of hydrogen-bond donors (Lipinski definition) is 0. The Morgan fingerprint density at radius 1 is 0.931 bits per heavy atom. The lowest BCUT2D eigenvalue weighted by atomic mass is 9.85. The lowest BCUT2D eigenvalue weighted by molar-refractivity contribution is -0.123. The monoisotopic (exact) mass is 396 g/mol. The number of halogens is 2.